The van der Waals surface area contributed by atoms with Crippen molar-refractivity contribution >= 4 is 40.2 Å². The molecule has 0 saturated heterocycles. The molecule has 0 radical (unpaired) electrons. The number of carbonyl (C=O) groups excluding carboxylic acids is 2. The van der Waals surface area contributed by atoms with E-state index >= 15 is 0 Å². The zero-order valence-corrected chi connectivity index (χ0v) is 18.4. The number of nitrogens with zero attached hydrogens (tertiary/aromatic N) is 3. The second-order valence-electron chi connectivity index (χ2n) is 6.69. The van der Waals surface area contributed by atoms with Crippen molar-refractivity contribution in [2.75, 3.05) is 40.5 Å². The summed E-state index contributed by atoms with van der Waals surface area (Å²) in [7, 11) is 3.02. The van der Waals surface area contributed by atoms with Gasteiger partial charge in [-0.15, -0.1) is 22.7 Å². The Hall–Kier alpha value is -2.07. The summed E-state index contributed by atoms with van der Waals surface area (Å²) < 4.78 is 10.0. The summed E-state index contributed by atoms with van der Waals surface area (Å²) in [4.78, 5) is 29.2. The van der Waals surface area contributed by atoms with Gasteiger partial charge in [-0.25, -0.2) is 5.01 Å². The molecule has 1 aliphatic rings. The van der Waals surface area contributed by atoms with E-state index in [2.05, 4.69) is 11.2 Å². The quantitative estimate of drug-likeness (QED) is 0.607. The van der Waals surface area contributed by atoms with Gasteiger partial charge < -0.3 is 14.4 Å². The Labute approximate surface area is 178 Å². The van der Waals surface area contributed by atoms with Crippen LogP contribution in [0.5, 0.6) is 0 Å². The molecule has 2 aromatic heterocycles. The molecule has 0 fully saturated rings. The first-order chi connectivity index (χ1) is 14.0. The van der Waals surface area contributed by atoms with Crippen LogP contribution < -0.4 is 0 Å². The Morgan fingerprint density at radius 2 is 2.07 bits per heavy atom. The number of carbonyl (C=O) groups is 2. The lowest BCUT2D eigenvalue weighted by atomic mass is 10.1. The van der Waals surface area contributed by atoms with Crippen LogP contribution in [0.4, 0.5) is 0 Å². The summed E-state index contributed by atoms with van der Waals surface area (Å²) in [6, 6.07) is 5.90. The molecular weight excluding hydrogens is 410 g/mol. The van der Waals surface area contributed by atoms with Crippen molar-refractivity contribution in [2.45, 2.75) is 19.4 Å². The van der Waals surface area contributed by atoms with Crippen molar-refractivity contribution in [1.82, 2.24) is 9.91 Å². The van der Waals surface area contributed by atoms with Gasteiger partial charge in [-0.1, -0.05) is 6.07 Å². The van der Waals surface area contributed by atoms with Gasteiger partial charge in [0.25, 0.3) is 5.91 Å². The average molecular weight is 436 g/mol. The molecule has 3 rings (SSSR count). The van der Waals surface area contributed by atoms with Gasteiger partial charge in [-0.3, -0.25) is 9.59 Å². The number of thiophene rings is 2. The number of ether oxygens (including phenoxy) is 2. The molecule has 156 valence electrons. The van der Waals surface area contributed by atoms with Crippen LogP contribution >= 0.6 is 22.7 Å². The van der Waals surface area contributed by atoms with Gasteiger partial charge >= 0.3 is 0 Å². The third-order valence-electron chi connectivity index (χ3n) is 4.69. The molecule has 0 aliphatic carbocycles. The van der Waals surface area contributed by atoms with Crippen molar-refractivity contribution in [2.24, 2.45) is 5.10 Å². The highest BCUT2D eigenvalue weighted by Crippen LogP contribution is 2.37. The molecular formula is C20H25N3O4S2. The van der Waals surface area contributed by atoms with Crippen LogP contribution in [0.25, 0.3) is 0 Å². The van der Waals surface area contributed by atoms with Gasteiger partial charge in [-0.2, -0.15) is 5.10 Å². The third kappa shape index (κ3) is 5.11. The molecule has 9 heteroatoms. The van der Waals surface area contributed by atoms with Crippen molar-refractivity contribution < 1.29 is 19.1 Å². The van der Waals surface area contributed by atoms with Gasteiger partial charge in [0, 0.05) is 32.1 Å². The molecule has 0 spiro atoms. The molecule has 3 heterocycles. The summed E-state index contributed by atoms with van der Waals surface area (Å²) in [6.07, 6.45) is 0.664. The molecule has 1 atom stereocenters. The van der Waals surface area contributed by atoms with Crippen LogP contribution in [0.2, 0.25) is 0 Å². The summed E-state index contributed by atoms with van der Waals surface area (Å²) in [6.45, 7) is 2.58. The van der Waals surface area contributed by atoms with E-state index in [4.69, 9.17) is 9.47 Å². The van der Waals surface area contributed by atoms with E-state index in [9.17, 15) is 9.59 Å². The highest BCUT2D eigenvalue weighted by Gasteiger charge is 2.35. The summed E-state index contributed by atoms with van der Waals surface area (Å²) in [5.41, 5.74) is 2.05. The molecule has 0 unspecified atom stereocenters. The molecule has 0 bridgehead atoms. The lowest BCUT2D eigenvalue weighted by Gasteiger charge is -2.26. The molecule has 2 amide bonds. The van der Waals surface area contributed by atoms with E-state index in [0.29, 0.717) is 19.6 Å². The van der Waals surface area contributed by atoms with Crippen LogP contribution in [-0.4, -0.2) is 68.0 Å². The van der Waals surface area contributed by atoms with Gasteiger partial charge in [0.05, 0.1) is 23.2 Å². The molecule has 2 aromatic rings. The van der Waals surface area contributed by atoms with E-state index < -0.39 is 0 Å². The topological polar surface area (TPSA) is 71.4 Å². The van der Waals surface area contributed by atoms with Gasteiger partial charge in [0.1, 0.15) is 13.2 Å². The standard InChI is InChI=1S/C20H25N3O4S2/c1-14-6-10-29-20(14)16-11-15(17-5-4-9-28-17)21-23(16)18(24)12-22(7-8-26-2)19(25)13-27-3/h4-6,9-10,16H,7-8,11-13H2,1-3H3/t16-/m1/s1. The molecule has 0 saturated carbocycles. The zero-order valence-electron chi connectivity index (χ0n) is 16.8. The highest BCUT2D eigenvalue weighted by molar-refractivity contribution is 7.12. The van der Waals surface area contributed by atoms with Crippen molar-refractivity contribution in [1.29, 1.82) is 0 Å². The molecule has 7 nitrogen and oxygen atoms in total. The third-order valence-corrected chi connectivity index (χ3v) is 6.73. The first-order valence-electron chi connectivity index (χ1n) is 9.28. The maximum absolute atomic E-state index is 13.2. The van der Waals surface area contributed by atoms with Gasteiger partial charge in [0.2, 0.25) is 5.91 Å². The van der Waals surface area contributed by atoms with Crippen LogP contribution in [0.3, 0.4) is 0 Å². The van der Waals surface area contributed by atoms with Crippen LogP contribution in [0.15, 0.2) is 34.1 Å². The smallest absolute Gasteiger partial charge is 0.262 e. The first-order valence-corrected chi connectivity index (χ1v) is 11.0. The maximum Gasteiger partial charge on any atom is 0.262 e. The fourth-order valence-electron chi connectivity index (χ4n) is 3.21. The second-order valence-corrected chi connectivity index (χ2v) is 8.59. The fourth-order valence-corrected chi connectivity index (χ4v) is 4.94. The van der Waals surface area contributed by atoms with E-state index in [0.717, 1.165) is 21.0 Å². The second kappa shape index (κ2) is 10.1. The molecule has 1 aliphatic heterocycles. The zero-order chi connectivity index (χ0) is 20.8. The van der Waals surface area contributed by atoms with Crippen molar-refractivity contribution in [3.05, 3.63) is 44.3 Å². The predicted molar refractivity (Wildman–Crippen MR) is 114 cm³/mol. The predicted octanol–water partition coefficient (Wildman–Crippen LogP) is 2.92. The fraction of sp³-hybridized carbons (Fsp3) is 0.450. The molecule has 29 heavy (non-hydrogen) atoms. The van der Waals surface area contributed by atoms with Crippen LogP contribution in [-0.2, 0) is 19.1 Å². The minimum Gasteiger partial charge on any atom is -0.383 e. The Kier molecular flexibility index (Phi) is 7.54. The number of hydrogen-bond acceptors (Lipinski definition) is 7. The largest absolute Gasteiger partial charge is 0.383 e. The van der Waals surface area contributed by atoms with Gasteiger partial charge in [0.15, 0.2) is 0 Å². The van der Waals surface area contributed by atoms with E-state index in [1.807, 2.05) is 29.8 Å². The molecule has 0 N–H and O–H groups in total. The monoisotopic (exact) mass is 435 g/mol. The number of hydrogen-bond donors (Lipinski definition) is 0. The highest BCUT2D eigenvalue weighted by atomic mass is 32.1. The number of hydrazone groups is 1. The lowest BCUT2D eigenvalue weighted by Crippen LogP contribution is -2.44. The number of amides is 2. The Balaban J connectivity index is 1.83. The van der Waals surface area contributed by atoms with Crippen molar-refractivity contribution in [3.8, 4) is 0 Å². The Morgan fingerprint density at radius 1 is 1.24 bits per heavy atom. The van der Waals surface area contributed by atoms with Gasteiger partial charge in [-0.05, 0) is 35.4 Å². The Morgan fingerprint density at radius 3 is 2.69 bits per heavy atom. The normalized spacial score (nSPS) is 16.2. The summed E-state index contributed by atoms with van der Waals surface area (Å²) >= 11 is 3.24. The SMILES string of the molecule is COCCN(CC(=O)N1N=C(c2cccs2)C[C@@H]1c1sccc1C)C(=O)COC. The maximum atomic E-state index is 13.2. The van der Waals surface area contributed by atoms with Crippen molar-refractivity contribution in [3.63, 3.8) is 0 Å². The lowest BCUT2D eigenvalue weighted by molar-refractivity contribution is -0.144. The minimum absolute atomic E-state index is 0.0618. The molecule has 0 aromatic carbocycles. The van der Waals surface area contributed by atoms with E-state index in [1.54, 1.807) is 34.8 Å². The van der Waals surface area contributed by atoms with Crippen LogP contribution in [0.1, 0.15) is 27.8 Å². The number of methoxy groups -OCH3 is 2. The van der Waals surface area contributed by atoms with E-state index in [1.165, 1.54) is 12.0 Å². The number of aryl methyl sites for hydroxylation is 1. The Bertz CT molecular complexity index is 863. The minimum atomic E-state index is -0.247. The average Bonchev–Trinajstić information content (AvgIpc) is 3.44. The van der Waals surface area contributed by atoms with Crippen LogP contribution in [0, 0.1) is 6.92 Å². The first kappa shape index (κ1) is 21.6. The summed E-state index contributed by atoms with van der Waals surface area (Å²) in [5.74, 6) is -0.460. The number of rotatable bonds is 9. The van der Waals surface area contributed by atoms with E-state index in [-0.39, 0.29) is 31.0 Å². The summed E-state index contributed by atoms with van der Waals surface area (Å²) in [5, 5.41) is 10.2.